The van der Waals surface area contributed by atoms with E-state index in [9.17, 15) is 23.2 Å². The van der Waals surface area contributed by atoms with Gasteiger partial charge >= 0.3 is 6.36 Å². The highest BCUT2D eigenvalue weighted by Gasteiger charge is 2.30. The first-order valence-corrected chi connectivity index (χ1v) is 6.99. The van der Waals surface area contributed by atoms with Crippen LogP contribution in [0.4, 0.5) is 13.2 Å². The molecule has 128 valence electrons. The number of ketones is 1. The Labute approximate surface area is 141 Å². The van der Waals surface area contributed by atoms with Crippen molar-refractivity contribution in [3.05, 3.63) is 65.2 Å². The quantitative estimate of drug-likeness (QED) is 0.457. The largest absolute Gasteiger partial charge is 0.573 e. The number of rotatable bonds is 5. The van der Waals surface area contributed by atoms with Crippen molar-refractivity contribution in [3.8, 4) is 17.6 Å². The topological polar surface area (TPSA) is 59.3 Å². The summed E-state index contributed by atoms with van der Waals surface area (Å²) < 4.78 is 45.2. The van der Waals surface area contributed by atoms with Crippen molar-refractivity contribution in [2.45, 2.75) is 6.36 Å². The van der Waals surface area contributed by atoms with E-state index >= 15 is 0 Å². The van der Waals surface area contributed by atoms with Crippen molar-refractivity contribution >= 4 is 11.9 Å². The van der Waals surface area contributed by atoms with Crippen molar-refractivity contribution < 1.29 is 27.4 Å². The van der Waals surface area contributed by atoms with Gasteiger partial charge in [-0.15, -0.1) is 13.2 Å². The number of ether oxygens (including phenoxy) is 2. The summed E-state index contributed by atoms with van der Waals surface area (Å²) in [6, 6.07) is 12.9. The molecular weight excluding hydrogens is 335 g/mol. The SMILES string of the molecule is COc1cccc(C(=O)/C(C#N)=C/c2ccc(OC(F)(F)F)cc2)c1. The molecule has 2 rings (SSSR count). The Hall–Kier alpha value is -3.27. The lowest BCUT2D eigenvalue weighted by Gasteiger charge is -2.08. The number of hydrogen-bond acceptors (Lipinski definition) is 4. The second-order valence-electron chi connectivity index (χ2n) is 4.85. The van der Waals surface area contributed by atoms with Gasteiger partial charge < -0.3 is 9.47 Å². The molecule has 25 heavy (non-hydrogen) atoms. The van der Waals surface area contributed by atoms with Crippen molar-refractivity contribution in [3.63, 3.8) is 0 Å². The van der Waals surface area contributed by atoms with Crippen LogP contribution in [0.3, 0.4) is 0 Å². The zero-order chi connectivity index (χ0) is 18.4. The number of carbonyl (C=O) groups excluding carboxylic acids is 1. The van der Waals surface area contributed by atoms with Gasteiger partial charge in [0.25, 0.3) is 0 Å². The first-order chi connectivity index (χ1) is 11.8. The highest BCUT2D eigenvalue weighted by Crippen LogP contribution is 2.24. The first-order valence-electron chi connectivity index (χ1n) is 6.99. The molecule has 0 radical (unpaired) electrons. The van der Waals surface area contributed by atoms with Crippen molar-refractivity contribution in [2.24, 2.45) is 0 Å². The van der Waals surface area contributed by atoms with Crippen molar-refractivity contribution in [2.75, 3.05) is 7.11 Å². The van der Waals surface area contributed by atoms with Crippen LogP contribution in [0.5, 0.6) is 11.5 Å². The Morgan fingerprint density at radius 1 is 1.12 bits per heavy atom. The van der Waals surface area contributed by atoms with Gasteiger partial charge in [-0.2, -0.15) is 5.26 Å². The van der Waals surface area contributed by atoms with Crippen LogP contribution in [0, 0.1) is 11.3 Å². The van der Waals surface area contributed by atoms with Gasteiger partial charge in [-0.25, -0.2) is 0 Å². The average molecular weight is 347 g/mol. The molecule has 2 aromatic rings. The third-order valence-corrected chi connectivity index (χ3v) is 3.12. The lowest BCUT2D eigenvalue weighted by Crippen LogP contribution is -2.16. The van der Waals surface area contributed by atoms with Gasteiger partial charge in [0.15, 0.2) is 0 Å². The maximum atomic E-state index is 12.4. The van der Waals surface area contributed by atoms with Gasteiger partial charge in [0.1, 0.15) is 23.1 Å². The zero-order valence-corrected chi connectivity index (χ0v) is 13.0. The minimum absolute atomic E-state index is 0.155. The molecule has 4 nitrogen and oxygen atoms in total. The highest BCUT2D eigenvalue weighted by atomic mass is 19.4. The van der Waals surface area contributed by atoms with Crippen LogP contribution in [0.15, 0.2) is 54.1 Å². The van der Waals surface area contributed by atoms with Crippen LogP contribution >= 0.6 is 0 Å². The predicted octanol–water partition coefficient (Wildman–Crippen LogP) is 4.38. The summed E-state index contributed by atoms with van der Waals surface area (Å²) >= 11 is 0. The minimum Gasteiger partial charge on any atom is -0.497 e. The number of nitriles is 1. The van der Waals surface area contributed by atoms with E-state index < -0.39 is 12.1 Å². The number of Topliss-reactive ketones (excluding diaryl/α,β-unsaturated/α-hetero) is 1. The van der Waals surface area contributed by atoms with Crippen LogP contribution in [0.25, 0.3) is 6.08 Å². The summed E-state index contributed by atoms with van der Waals surface area (Å²) in [6.45, 7) is 0. The molecular formula is C18H12F3NO3. The summed E-state index contributed by atoms with van der Waals surface area (Å²) in [5.41, 5.74) is 0.504. The minimum atomic E-state index is -4.78. The van der Waals surface area contributed by atoms with Gasteiger partial charge in [-0.05, 0) is 35.9 Å². The number of alkyl halides is 3. The number of carbonyl (C=O) groups is 1. The van der Waals surface area contributed by atoms with Gasteiger partial charge in [0.2, 0.25) is 5.78 Å². The molecule has 0 aliphatic carbocycles. The Kier molecular flexibility index (Phi) is 5.45. The van der Waals surface area contributed by atoms with E-state index in [1.54, 1.807) is 18.2 Å². The van der Waals surface area contributed by atoms with E-state index in [0.29, 0.717) is 11.3 Å². The van der Waals surface area contributed by atoms with Gasteiger partial charge in [0.05, 0.1) is 7.11 Å². The molecule has 0 saturated heterocycles. The van der Waals surface area contributed by atoms with Gasteiger partial charge in [0, 0.05) is 5.56 Å². The number of hydrogen-bond donors (Lipinski definition) is 0. The molecule has 0 saturated carbocycles. The zero-order valence-electron chi connectivity index (χ0n) is 13.0. The number of benzene rings is 2. The Bertz CT molecular complexity index is 834. The second kappa shape index (κ2) is 7.53. The van der Waals surface area contributed by atoms with E-state index in [1.807, 2.05) is 0 Å². The van der Waals surface area contributed by atoms with Gasteiger partial charge in [-0.3, -0.25) is 4.79 Å². The molecule has 0 spiro atoms. The fourth-order valence-electron chi connectivity index (χ4n) is 2.00. The molecule has 0 bridgehead atoms. The third-order valence-electron chi connectivity index (χ3n) is 3.12. The molecule has 0 unspecified atom stereocenters. The van der Waals surface area contributed by atoms with Crippen LogP contribution in [-0.4, -0.2) is 19.3 Å². The van der Waals surface area contributed by atoms with E-state index in [4.69, 9.17) is 4.74 Å². The summed E-state index contributed by atoms with van der Waals surface area (Å²) in [7, 11) is 1.45. The molecule has 0 atom stereocenters. The Morgan fingerprint density at radius 2 is 1.80 bits per heavy atom. The normalized spacial score (nSPS) is 11.6. The van der Waals surface area contributed by atoms with E-state index in [0.717, 1.165) is 12.1 Å². The smallest absolute Gasteiger partial charge is 0.497 e. The number of allylic oxidation sites excluding steroid dienone is 1. The second-order valence-corrected chi connectivity index (χ2v) is 4.85. The van der Waals surface area contributed by atoms with Crippen molar-refractivity contribution in [1.29, 1.82) is 5.26 Å². The van der Waals surface area contributed by atoms with Crippen LogP contribution < -0.4 is 9.47 Å². The number of nitrogens with zero attached hydrogens (tertiary/aromatic N) is 1. The Balaban J connectivity index is 2.24. The average Bonchev–Trinajstić information content (AvgIpc) is 2.59. The molecule has 7 heteroatoms. The van der Waals surface area contributed by atoms with E-state index in [-0.39, 0.29) is 16.9 Å². The molecule has 0 heterocycles. The summed E-state index contributed by atoms with van der Waals surface area (Å²) in [4.78, 5) is 12.4. The predicted molar refractivity (Wildman–Crippen MR) is 84.0 cm³/mol. The van der Waals surface area contributed by atoms with Crippen LogP contribution in [-0.2, 0) is 0 Å². The lowest BCUT2D eigenvalue weighted by atomic mass is 10.0. The number of methoxy groups -OCH3 is 1. The third kappa shape index (κ3) is 5.11. The molecule has 0 aliphatic heterocycles. The Morgan fingerprint density at radius 3 is 2.36 bits per heavy atom. The molecule has 2 aromatic carbocycles. The monoisotopic (exact) mass is 347 g/mol. The van der Waals surface area contributed by atoms with E-state index in [1.165, 1.54) is 37.5 Å². The summed E-state index contributed by atoms with van der Waals surface area (Å²) in [5, 5.41) is 9.21. The van der Waals surface area contributed by atoms with Crippen LogP contribution in [0.1, 0.15) is 15.9 Å². The summed E-state index contributed by atoms with van der Waals surface area (Å²) in [5.74, 6) is -0.434. The summed E-state index contributed by atoms with van der Waals surface area (Å²) in [6.07, 6.45) is -3.49. The van der Waals surface area contributed by atoms with Crippen LogP contribution in [0.2, 0.25) is 0 Å². The highest BCUT2D eigenvalue weighted by molar-refractivity contribution is 6.14. The standard InChI is InChI=1S/C18H12F3NO3/c1-24-16-4-2-3-13(10-16)17(23)14(11-22)9-12-5-7-15(8-6-12)25-18(19,20)21/h2-10H,1H3/b14-9+. The fourth-order valence-corrected chi connectivity index (χ4v) is 2.00. The first kappa shape index (κ1) is 18.1. The fraction of sp³-hybridized carbons (Fsp3) is 0.111. The molecule has 0 aliphatic rings. The van der Waals surface area contributed by atoms with Crippen molar-refractivity contribution in [1.82, 2.24) is 0 Å². The number of halogens is 3. The molecule has 0 amide bonds. The van der Waals surface area contributed by atoms with Gasteiger partial charge in [-0.1, -0.05) is 24.3 Å². The van der Waals surface area contributed by atoms with E-state index in [2.05, 4.69) is 4.74 Å². The molecule has 0 aromatic heterocycles. The molecule has 0 N–H and O–H groups in total. The molecule has 0 fully saturated rings. The maximum Gasteiger partial charge on any atom is 0.573 e. The maximum absolute atomic E-state index is 12.4. The lowest BCUT2D eigenvalue weighted by molar-refractivity contribution is -0.274.